The molecule has 2 heteroatoms. The second-order valence-corrected chi connectivity index (χ2v) is 5.85. The Bertz CT molecular complexity index is 604. The number of hydrogen-bond acceptors (Lipinski definition) is 1. The van der Waals surface area contributed by atoms with Crippen LogP contribution in [0, 0.1) is 20.8 Å². The fourth-order valence-corrected chi connectivity index (χ4v) is 2.86. The largest absolute Gasteiger partial charge is 0.497 e. The minimum absolute atomic E-state index is 0.0126. The zero-order chi connectivity index (χ0) is 14.7. The molecule has 0 aliphatic rings. The quantitative estimate of drug-likeness (QED) is 0.708. The first-order chi connectivity index (χ1) is 9.51. The van der Waals surface area contributed by atoms with E-state index in [4.69, 9.17) is 16.3 Å². The molecule has 0 N–H and O–H groups in total. The third-order valence-corrected chi connectivity index (χ3v) is 4.11. The number of rotatable bonds is 4. The number of alkyl halides is 1. The molecule has 1 nitrogen and oxygen atoms in total. The highest BCUT2D eigenvalue weighted by Crippen LogP contribution is 2.30. The molecule has 0 fully saturated rings. The van der Waals surface area contributed by atoms with Crippen molar-refractivity contribution in [2.45, 2.75) is 32.6 Å². The predicted molar refractivity (Wildman–Crippen MR) is 85.9 cm³/mol. The Kier molecular flexibility index (Phi) is 4.72. The molecule has 1 unspecified atom stereocenters. The van der Waals surface area contributed by atoms with E-state index in [1.165, 1.54) is 27.8 Å². The van der Waals surface area contributed by atoms with Gasteiger partial charge in [-0.05, 0) is 61.6 Å². The first-order valence-electron chi connectivity index (χ1n) is 6.86. The summed E-state index contributed by atoms with van der Waals surface area (Å²) in [5.41, 5.74) is 6.25. The molecule has 0 amide bonds. The summed E-state index contributed by atoms with van der Waals surface area (Å²) in [5.74, 6) is 0.877. The summed E-state index contributed by atoms with van der Waals surface area (Å²) in [4.78, 5) is 0. The smallest absolute Gasteiger partial charge is 0.119 e. The molecule has 106 valence electrons. The topological polar surface area (TPSA) is 9.23 Å². The molecule has 0 aromatic heterocycles. The Morgan fingerprint density at radius 3 is 2.40 bits per heavy atom. The summed E-state index contributed by atoms with van der Waals surface area (Å²) in [6.45, 7) is 6.33. The molecule has 0 radical (unpaired) electrons. The monoisotopic (exact) mass is 288 g/mol. The van der Waals surface area contributed by atoms with E-state index in [2.05, 4.69) is 45.0 Å². The van der Waals surface area contributed by atoms with Crippen molar-refractivity contribution in [2.75, 3.05) is 7.11 Å². The van der Waals surface area contributed by atoms with Gasteiger partial charge in [0.15, 0.2) is 0 Å². The molecule has 0 aliphatic carbocycles. The summed E-state index contributed by atoms with van der Waals surface area (Å²) in [6, 6.07) is 12.6. The van der Waals surface area contributed by atoms with Gasteiger partial charge in [0, 0.05) is 0 Å². The van der Waals surface area contributed by atoms with Gasteiger partial charge in [0.25, 0.3) is 0 Å². The van der Waals surface area contributed by atoms with Crippen LogP contribution in [0.3, 0.4) is 0 Å². The van der Waals surface area contributed by atoms with Crippen molar-refractivity contribution in [3.05, 3.63) is 64.2 Å². The van der Waals surface area contributed by atoms with Gasteiger partial charge in [0.05, 0.1) is 12.5 Å². The van der Waals surface area contributed by atoms with Crippen LogP contribution in [0.25, 0.3) is 0 Å². The van der Waals surface area contributed by atoms with Crippen LogP contribution >= 0.6 is 11.6 Å². The van der Waals surface area contributed by atoms with Gasteiger partial charge >= 0.3 is 0 Å². The van der Waals surface area contributed by atoms with E-state index in [0.29, 0.717) is 0 Å². The second kappa shape index (κ2) is 6.32. The molecule has 0 saturated heterocycles. The SMILES string of the molecule is COc1ccc(C(Cl)Cc2cc(C)ccc2C)c(C)c1. The number of methoxy groups -OCH3 is 1. The third kappa shape index (κ3) is 3.34. The lowest BCUT2D eigenvalue weighted by Gasteiger charge is -2.15. The number of aryl methyl sites for hydroxylation is 3. The summed E-state index contributed by atoms with van der Waals surface area (Å²) in [6.07, 6.45) is 0.849. The molecule has 0 aliphatic heterocycles. The zero-order valence-electron chi connectivity index (χ0n) is 12.5. The second-order valence-electron chi connectivity index (χ2n) is 5.32. The lowest BCUT2D eigenvalue weighted by Crippen LogP contribution is -2.01. The molecular formula is C18H21ClO. The first-order valence-corrected chi connectivity index (χ1v) is 7.29. The van der Waals surface area contributed by atoms with Gasteiger partial charge in [0.1, 0.15) is 5.75 Å². The Morgan fingerprint density at radius 2 is 1.75 bits per heavy atom. The molecule has 0 spiro atoms. The lowest BCUT2D eigenvalue weighted by molar-refractivity contribution is 0.414. The Labute approximate surface area is 126 Å². The first kappa shape index (κ1) is 14.9. The van der Waals surface area contributed by atoms with Gasteiger partial charge < -0.3 is 4.74 Å². The molecule has 2 aromatic carbocycles. The lowest BCUT2D eigenvalue weighted by atomic mass is 9.96. The van der Waals surface area contributed by atoms with Gasteiger partial charge in [0.2, 0.25) is 0 Å². The van der Waals surface area contributed by atoms with Crippen molar-refractivity contribution in [3.63, 3.8) is 0 Å². The van der Waals surface area contributed by atoms with Gasteiger partial charge in [-0.1, -0.05) is 29.8 Å². The standard InChI is InChI=1S/C18H21ClO/c1-12-5-6-13(2)15(9-12)11-18(19)17-8-7-16(20-4)10-14(17)3/h5-10,18H,11H2,1-4H3. The number of ether oxygens (including phenoxy) is 1. The van der Waals surface area contributed by atoms with E-state index in [9.17, 15) is 0 Å². The van der Waals surface area contributed by atoms with Gasteiger partial charge in [-0.15, -0.1) is 11.6 Å². The van der Waals surface area contributed by atoms with E-state index in [1.54, 1.807) is 7.11 Å². The normalized spacial score (nSPS) is 12.2. The van der Waals surface area contributed by atoms with Crippen molar-refractivity contribution in [3.8, 4) is 5.75 Å². The predicted octanol–water partition coefficient (Wildman–Crippen LogP) is 5.14. The third-order valence-electron chi connectivity index (χ3n) is 3.72. The van der Waals surface area contributed by atoms with Crippen LogP contribution in [0.1, 0.15) is 33.2 Å². The van der Waals surface area contributed by atoms with Gasteiger partial charge in [-0.2, -0.15) is 0 Å². The number of halogens is 1. The highest BCUT2D eigenvalue weighted by atomic mass is 35.5. The van der Waals surface area contributed by atoms with Gasteiger partial charge in [-0.25, -0.2) is 0 Å². The molecule has 0 heterocycles. The van der Waals surface area contributed by atoms with E-state index >= 15 is 0 Å². The average molecular weight is 289 g/mol. The summed E-state index contributed by atoms with van der Waals surface area (Å²) < 4.78 is 5.24. The van der Waals surface area contributed by atoms with Crippen molar-refractivity contribution in [1.82, 2.24) is 0 Å². The maximum Gasteiger partial charge on any atom is 0.119 e. The Balaban J connectivity index is 2.23. The molecule has 0 bridgehead atoms. The molecule has 0 saturated carbocycles. The van der Waals surface area contributed by atoms with Crippen molar-refractivity contribution in [1.29, 1.82) is 0 Å². The maximum absolute atomic E-state index is 6.63. The van der Waals surface area contributed by atoms with Crippen LogP contribution in [0.15, 0.2) is 36.4 Å². The van der Waals surface area contributed by atoms with Crippen LogP contribution in [-0.2, 0) is 6.42 Å². The van der Waals surface area contributed by atoms with Crippen molar-refractivity contribution < 1.29 is 4.74 Å². The molecular weight excluding hydrogens is 268 g/mol. The molecule has 2 aromatic rings. The highest BCUT2D eigenvalue weighted by Gasteiger charge is 2.13. The van der Waals surface area contributed by atoms with E-state index in [0.717, 1.165) is 12.2 Å². The zero-order valence-corrected chi connectivity index (χ0v) is 13.3. The molecule has 2 rings (SSSR count). The van der Waals surface area contributed by atoms with Crippen LogP contribution in [0.4, 0.5) is 0 Å². The summed E-state index contributed by atoms with van der Waals surface area (Å²) in [5, 5.41) is -0.0126. The number of benzene rings is 2. The van der Waals surface area contributed by atoms with Gasteiger partial charge in [-0.3, -0.25) is 0 Å². The molecule has 20 heavy (non-hydrogen) atoms. The van der Waals surface area contributed by atoms with E-state index < -0.39 is 0 Å². The highest BCUT2D eigenvalue weighted by molar-refractivity contribution is 6.21. The summed E-state index contributed by atoms with van der Waals surface area (Å²) >= 11 is 6.63. The summed E-state index contributed by atoms with van der Waals surface area (Å²) in [7, 11) is 1.68. The molecule has 1 atom stereocenters. The van der Waals surface area contributed by atoms with Crippen molar-refractivity contribution >= 4 is 11.6 Å². The minimum atomic E-state index is -0.0126. The van der Waals surface area contributed by atoms with Crippen LogP contribution < -0.4 is 4.74 Å². The minimum Gasteiger partial charge on any atom is -0.497 e. The van der Waals surface area contributed by atoms with Crippen LogP contribution in [-0.4, -0.2) is 7.11 Å². The average Bonchev–Trinajstić information content (AvgIpc) is 2.42. The van der Waals surface area contributed by atoms with Crippen LogP contribution in [0.2, 0.25) is 0 Å². The number of hydrogen-bond donors (Lipinski definition) is 0. The fraction of sp³-hybridized carbons (Fsp3) is 0.333. The van der Waals surface area contributed by atoms with Crippen LogP contribution in [0.5, 0.6) is 5.75 Å². The fourth-order valence-electron chi connectivity index (χ4n) is 2.45. The van der Waals surface area contributed by atoms with E-state index in [-0.39, 0.29) is 5.38 Å². The van der Waals surface area contributed by atoms with E-state index in [1.807, 2.05) is 12.1 Å². The Morgan fingerprint density at radius 1 is 1.00 bits per heavy atom. The van der Waals surface area contributed by atoms with Crippen molar-refractivity contribution in [2.24, 2.45) is 0 Å². The maximum atomic E-state index is 6.63. The Hall–Kier alpha value is -1.47.